The summed E-state index contributed by atoms with van der Waals surface area (Å²) in [6.07, 6.45) is 5.62. The lowest BCUT2D eigenvalue weighted by atomic mass is 9.95. The molecule has 2 aromatic heterocycles. The molecule has 3 aromatic rings. The Balaban J connectivity index is 1.95. The largest absolute Gasteiger partial charge is 0.494 e. The van der Waals surface area contributed by atoms with E-state index in [1.807, 2.05) is 18.2 Å². The van der Waals surface area contributed by atoms with Crippen molar-refractivity contribution < 1.29 is 10.2 Å². The van der Waals surface area contributed by atoms with Gasteiger partial charge in [0.25, 0.3) is 0 Å². The van der Waals surface area contributed by atoms with Crippen LogP contribution in [0.1, 0.15) is 24.0 Å². The maximum atomic E-state index is 10.4. The Hall–Kier alpha value is -2.01. The fraction of sp³-hybridized carbons (Fsp3) is 0.267. The van der Waals surface area contributed by atoms with Crippen LogP contribution < -0.4 is 0 Å². The SMILES string of the molecule is Oc1c2c(c(O)n1-c1ccc3sncc3c1)CCCC2. The number of rotatable bonds is 1. The third-order valence-corrected chi connectivity index (χ3v) is 4.80. The van der Waals surface area contributed by atoms with E-state index < -0.39 is 0 Å². The minimum Gasteiger partial charge on any atom is -0.494 e. The molecular weight excluding hydrogens is 272 g/mol. The summed E-state index contributed by atoms with van der Waals surface area (Å²) < 4.78 is 6.80. The molecule has 0 amide bonds. The Bertz CT molecular complexity index is 774. The minimum absolute atomic E-state index is 0.180. The van der Waals surface area contributed by atoms with Gasteiger partial charge in [-0.05, 0) is 55.4 Å². The quantitative estimate of drug-likeness (QED) is 0.721. The van der Waals surface area contributed by atoms with Crippen LogP contribution in [0.4, 0.5) is 0 Å². The maximum absolute atomic E-state index is 10.4. The first-order chi connectivity index (χ1) is 9.75. The summed E-state index contributed by atoms with van der Waals surface area (Å²) >= 11 is 1.44. The van der Waals surface area contributed by atoms with Crippen LogP contribution >= 0.6 is 11.5 Å². The summed E-state index contributed by atoms with van der Waals surface area (Å²) in [4.78, 5) is 0. The van der Waals surface area contributed by atoms with Crippen LogP contribution in [0.25, 0.3) is 15.8 Å². The number of fused-ring (bicyclic) bond motifs is 2. The Morgan fingerprint density at radius 2 is 1.75 bits per heavy atom. The van der Waals surface area contributed by atoms with Gasteiger partial charge in [-0.2, -0.15) is 4.37 Å². The lowest BCUT2D eigenvalue weighted by Crippen LogP contribution is -1.98. The molecule has 102 valence electrons. The van der Waals surface area contributed by atoms with Crippen molar-refractivity contribution in [2.45, 2.75) is 25.7 Å². The molecule has 0 spiro atoms. The van der Waals surface area contributed by atoms with Crippen LogP contribution in [0.3, 0.4) is 0 Å². The zero-order valence-corrected chi connectivity index (χ0v) is 11.7. The molecule has 0 bridgehead atoms. The van der Waals surface area contributed by atoms with Gasteiger partial charge in [-0.1, -0.05) is 0 Å². The van der Waals surface area contributed by atoms with E-state index >= 15 is 0 Å². The van der Waals surface area contributed by atoms with Gasteiger partial charge in [0.15, 0.2) is 0 Å². The minimum atomic E-state index is 0.180. The average Bonchev–Trinajstić information content (AvgIpc) is 3.03. The Morgan fingerprint density at radius 1 is 1.05 bits per heavy atom. The van der Waals surface area contributed by atoms with Crippen LogP contribution in [0.15, 0.2) is 24.4 Å². The van der Waals surface area contributed by atoms with Crippen molar-refractivity contribution in [1.82, 2.24) is 8.94 Å². The molecule has 5 heteroatoms. The molecule has 0 atom stereocenters. The molecule has 1 aromatic carbocycles. The topological polar surface area (TPSA) is 58.3 Å². The van der Waals surface area contributed by atoms with Crippen molar-refractivity contribution in [3.05, 3.63) is 35.5 Å². The van der Waals surface area contributed by atoms with E-state index in [-0.39, 0.29) is 11.8 Å². The van der Waals surface area contributed by atoms with Crippen LogP contribution in [-0.2, 0) is 12.8 Å². The van der Waals surface area contributed by atoms with Crippen LogP contribution in [0.5, 0.6) is 11.8 Å². The predicted molar refractivity (Wildman–Crippen MR) is 78.9 cm³/mol. The second-order valence-electron chi connectivity index (χ2n) is 5.19. The summed E-state index contributed by atoms with van der Waals surface area (Å²) in [6, 6.07) is 5.83. The number of benzene rings is 1. The zero-order chi connectivity index (χ0) is 13.7. The first-order valence-corrected chi connectivity index (χ1v) is 7.52. The van der Waals surface area contributed by atoms with E-state index in [1.165, 1.54) is 11.5 Å². The highest BCUT2D eigenvalue weighted by Gasteiger charge is 2.25. The average molecular weight is 286 g/mol. The van der Waals surface area contributed by atoms with E-state index in [2.05, 4.69) is 4.37 Å². The van der Waals surface area contributed by atoms with Crippen molar-refractivity contribution in [3.8, 4) is 17.4 Å². The third kappa shape index (κ3) is 1.56. The number of aromatic hydroxyl groups is 2. The fourth-order valence-electron chi connectivity index (χ4n) is 3.01. The second kappa shape index (κ2) is 4.24. The van der Waals surface area contributed by atoms with Gasteiger partial charge in [-0.3, -0.25) is 4.57 Å². The molecule has 0 saturated carbocycles. The standard InChI is InChI=1S/C15H14N2O2S/c18-14-11-3-1-2-4-12(11)15(19)17(14)10-5-6-13-9(7-10)8-16-20-13/h5-8,18-19H,1-4H2. The molecule has 0 aliphatic heterocycles. The summed E-state index contributed by atoms with van der Waals surface area (Å²) in [5.74, 6) is 0.361. The molecule has 4 rings (SSSR count). The van der Waals surface area contributed by atoms with E-state index in [4.69, 9.17) is 0 Å². The first-order valence-electron chi connectivity index (χ1n) is 6.75. The van der Waals surface area contributed by atoms with Gasteiger partial charge in [-0.25, -0.2) is 0 Å². The van der Waals surface area contributed by atoms with E-state index in [1.54, 1.807) is 10.8 Å². The molecule has 20 heavy (non-hydrogen) atoms. The number of hydrogen-bond donors (Lipinski definition) is 2. The van der Waals surface area contributed by atoms with Crippen molar-refractivity contribution in [1.29, 1.82) is 0 Å². The summed E-state index contributed by atoms with van der Waals surface area (Å²) in [6.45, 7) is 0. The molecule has 2 N–H and O–H groups in total. The van der Waals surface area contributed by atoms with Gasteiger partial charge in [0.05, 0.1) is 10.4 Å². The van der Waals surface area contributed by atoms with Gasteiger partial charge in [0.2, 0.25) is 11.8 Å². The van der Waals surface area contributed by atoms with Crippen LogP contribution in [0, 0.1) is 0 Å². The molecule has 1 aliphatic carbocycles. The zero-order valence-electron chi connectivity index (χ0n) is 10.8. The predicted octanol–water partition coefficient (Wildman–Crippen LogP) is 3.38. The Kier molecular flexibility index (Phi) is 2.50. The van der Waals surface area contributed by atoms with Crippen molar-refractivity contribution in [2.24, 2.45) is 0 Å². The molecule has 0 unspecified atom stereocenters. The van der Waals surface area contributed by atoms with Gasteiger partial charge in [-0.15, -0.1) is 0 Å². The highest BCUT2D eigenvalue weighted by atomic mass is 32.1. The highest BCUT2D eigenvalue weighted by molar-refractivity contribution is 7.13. The molecule has 2 heterocycles. The van der Waals surface area contributed by atoms with Crippen molar-refractivity contribution in [2.75, 3.05) is 0 Å². The summed E-state index contributed by atoms with van der Waals surface area (Å²) in [5, 5.41) is 21.9. The molecular formula is C15H14N2O2S. The molecule has 0 radical (unpaired) electrons. The number of nitrogens with zero attached hydrogens (tertiary/aromatic N) is 2. The smallest absolute Gasteiger partial charge is 0.202 e. The fourth-order valence-corrected chi connectivity index (χ4v) is 3.64. The van der Waals surface area contributed by atoms with Crippen molar-refractivity contribution in [3.63, 3.8) is 0 Å². The van der Waals surface area contributed by atoms with Crippen molar-refractivity contribution >= 4 is 21.6 Å². The van der Waals surface area contributed by atoms with Gasteiger partial charge in [0.1, 0.15) is 0 Å². The van der Waals surface area contributed by atoms with E-state index in [9.17, 15) is 10.2 Å². The lowest BCUT2D eigenvalue weighted by molar-refractivity contribution is 0.400. The molecule has 0 fully saturated rings. The summed E-state index contributed by atoms with van der Waals surface area (Å²) in [7, 11) is 0. The second-order valence-corrected chi connectivity index (χ2v) is 6.03. The first kappa shape index (κ1) is 11.8. The van der Waals surface area contributed by atoms with Crippen LogP contribution in [0.2, 0.25) is 0 Å². The normalized spacial score (nSPS) is 14.6. The van der Waals surface area contributed by atoms with Gasteiger partial charge < -0.3 is 10.2 Å². The molecule has 1 aliphatic rings. The maximum Gasteiger partial charge on any atom is 0.202 e. The van der Waals surface area contributed by atoms with Crippen LogP contribution in [-0.4, -0.2) is 19.2 Å². The number of aromatic nitrogens is 2. The Labute approximate surface area is 120 Å². The monoisotopic (exact) mass is 286 g/mol. The lowest BCUT2D eigenvalue weighted by Gasteiger charge is -2.09. The molecule has 0 saturated heterocycles. The Morgan fingerprint density at radius 3 is 2.45 bits per heavy atom. The highest BCUT2D eigenvalue weighted by Crippen LogP contribution is 2.41. The van der Waals surface area contributed by atoms with E-state index in [0.29, 0.717) is 0 Å². The van der Waals surface area contributed by atoms with Gasteiger partial charge >= 0.3 is 0 Å². The number of hydrogen-bond acceptors (Lipinski definition) is 4. The molecule has 4 nitrogen and oxygen atoms in total. The van der Waals surface area contributed by atoms with Gasteiger partial charge in [0, 0.05) is 22.7 Å². The van der Waals surface area contributed by atoms with E-state index in [0.717, 1.165) is 52.6 Å². The summed E-state index contributed by atoms with van der Waals surface area (Å²) in [5.41, 5.74) is 2.58. The third-order valence-electron chi connectivity index (χ3n) is 4.03.